The minimum Gasteiger partial charge on any atom is -0.379 e. The van der Waals surface area contributed by atoms with Crippen LogP contribution in [0.25, 0.3) is 0 Å². The van der Waals surface area contributed by atoms with Crippen LogP contribution in [-0.2, 0) is 24.3 Å². The summed E-state index contributed by atoms with van der Waals surface area (Å²) >= 11 is 5.96. The molecule has 5 rings (SSSR count). The van der Waals surface area contributed by atoms with Crippen molar-refractivity contribution in [2.75, 3.05) is 75.9 Å². The van der Waals surface area contributed by atoms with Crippen molar-refractivity contribution < 1.29 is 27.5 Å². The summed E-state index contributed by atoms with van der Waals surface area (Å²) in [4.78, 5) is 30.5. The highest BCUT2D eigenvalue weighted by molar-refractivity contribution is 7.89. The summed E-state index contributed by atoms with van der Waals surface area (Å²) in [6, 6.07) is 11.6. The highest BCUT2D eigenvalue weighted by Gasteiger charge is 2.31. The number of nitrogens with one attached hydrogen (secondary N) is 1. The lowest BCUT2D eigenvalue weighted by molar-refractivity contribution is -0.121. The lowest BCUT2D eigenvalue weighted by atomic mass is 9.96. The molecule has 1 N–H and O–H groups in total. The number of nitrogens with zero attached hydrogens (tertiary/aromatic N) is 3. The summed E-state index contributed by atoms with van der Waals surface area (Å²) in [6.45, 7) is 4.48. The average Bonchev–Trinajstić information content (AvgIpc) is 2.98. The van der Waals surface area contributed by atoms with E-state index in [4.69, 9.17) is 21.1 Å². The smallest absolute Gasteiger partial charge is 0.253 e. The number of carbonyl (C=O) groups excluding carboxylic acids is 2. The third-order valence-corrected chi connectivity index (χ3v) is 9.50. The monoisotopic (exact) mass is 576 g/mol. The van der Waals surface area contributed by atoms with Crippen LogP contribution in [0.2, 0.25) is 5.02 Å². The zero-order chi connectivity index (χ0) is 27.4. The molecule has 2 amide bonds. The third kappa shape index (κ3) is 6.38. The van der Waals surface area contributed by atoms with Crippen molar-refractivity contribution in [2.45, 2.75) is 17.7 Å². The molecule has 12 heteroatoms. The number of sulfonamides is 1. The highest BCUT2D eigenvalue weighted by atomic mass is 35.5. The van der Waals surface area contributed by atoms with Crippen molar-refractivity contribution in [2.24, 2.45) is 5.92 Å². The van der Waals surface area contributed by atoms with E-state index in [9.17, 15) is 18.0 Å². The minimum absolute atomic E-state index is 0.125. The molecule has 10 nitrogen and oxygen atoms in total. The van der Waals surface area contributed by atoms with E-state index in [1.807, 2.05) is 0 Å². The Balaban J connectivity index is 1.36. The maximum absolute atomic E-state index is 13.5. The number of benzene rings is 2. The van der Waals surface area contributed by atoms with E-state index in [1.165, 1.54) is 4.31 Å². The summed E-state index contributed by atoms with van der Waals surface area (Å²) in [7, 11) is -3.75. The number of amides is 2. The van der Waals surface area contributed by atoms with Gasteiger partial charge in [0.15, 0.2) is 0 Å². The van der Waals surface area contributed by atoms with Crippen LogP contribution >= 0.6 is 11.6 Å². The first kappa shape index (κ1) is 27.9. The molecule has 2 aromatic carbocycles. The van der Waals surface area contributed by atoms with Gasteiger partial charge in [-0.05, 0) is 55.3 Å². The summed E-state index contributed by atoms with van der Waals surface area (Å²) in [6.07, 6.45) is 1.33. The zero-order valence-electron chi connectivity index (χ0n) is 21.7. The number of piperidine rings is 1. The molecule has 0 bridgehead atoms. The van der Waals surface area contributed by atoms with Crippen molar-refractivity contribution >= 4 is 44.8 Å². The first-order valence-corrected chi connectivity index (χ1v) is 15.0. The van der Waals surface area contributed by atoms with Gasteiger partial charge in [0, 0.05) is 49.9 Å². The van der Waals surface area contributed by atoms with Gasteiger partial charge in [0.2, 0.25) is 15.9 Å². The first-order chi connectivity index (χ1) is 18.8. The molecule has 1 atom stereocenters. The normalized spacial score (nSPS) is 21.0. The molecule has 3 heterocycles. The molecule has 0 saturated carbocycles. The Morgan fingerprint density at radius 1 is 0.897 bits per heavy atom. The van der Waals surface area contributed by atoms with E-state index in [0.29, 0.717) is 75.2 Å². The average molecular weight is 577 g/mol. The van der Waals surface area contributed by atoms with E-state index in [2.05, 4.69) is 10.2 Å². The number of hydrogen-bond acceptors (Lipinski definition) is 7. The Hall–Kier alpha value is -2.70. The Morgan fingerprint density at radius 2 is 1.56 bits per heavy atom. The van der Waals surface area contributed by atoms with Crippen molar-refractivity contribution in [3.05, 3.63) is 53.1 Å². The molecule has 3 aliphatic rings. The maximum atomic E-state index is 13.5. The number of carbonyl (C=O) groups is 2. The topological polar surface area (TPSA) is 108 Å². The van der Waals surface area contributed by atoms with E-state index in [0.717, 1.165) is 5.69 Å². The molecular formula is C27H33ClN4O6S. The van der Waals surface area contributed by atoms with Crippen molar-refractivity contribution in [3.63, 3.8) is 0 Å². The lowest BCUT2D eigenvalue weighted by Gasteiger charge is -2.34. The number of ether oxygens (including phenoxy) is 2. The molecule has 3 fully saturated rings. The summed E-state index contributed by atoms with van der Waals surface area (Å²) in [5, 5.41) is 3.57. The number of morpholine rings is 2. The molecule has 3 aliphatic heterocycles. The molecule has 2 aromatic rings. The van der Waals surface area contributed by atoms with Gasteiger partial charge in [-0.15, -0.1) is 0 Å². The molecule has 0 spiro atoms. The Morgan fingerprint density at radius 3 is 2.26 bits per heavy atom. The van der Waals surface area contributed by atoms with Gasteiger partial charge in [0.1, 0.15) is 0 Å². The second-order valence-corrected chi connectivity index (χ2v) is 12.3. The van der Waals surface area contributed by atoms with E-state index in [-0.39, 0.29) is 36.3 Å². The van der Waals surface area contributed by atoms with Gasteiger partial charge in [-0.25, -0.2) is 8.42 Å². The largest absolute Gasteiger partial charge is 0.379 e. The molecule has 39 heavy (non-hydrogen) atoms. The van der Waals surface area contributed by atoms with Gasteiger partial charge in [-0.3, -0.25) is 9.59 Å². The second kappa shape index (κ2) is 12.2. The highest BCUT2D eigenvalue weighted by Crippen LogP contribution is 2.32. The third-order valence-electron chi connectivity index (χ3n) is 7.36. The van der Waals surface area contributed by atoms with Crippen LogP contribution in [0.5, 0.6) is 0 Å². The van der Waals surface area contributed by atoms with Crippen LogP contribution in [0.1, 0.15) is 23.2 Å². The fraction of sp³-hybridized carbons (Fsp3) is 0.481. The fourth-order valence-corrected chi connectivity index (χ4v) is 6.74. The molecule has 3 saturated heterocycles. The summed E-state index contributed by atoms with van der Waals surface area (Å²) < 4.78 is 38.9. The van der Waals surface area contributed by atoms with E-state index >= 15 is 0 Å². The van der Waals surface area contributed by atoms with Gasteiger partial charge < -0.3 is 24.6 Å². The second-order valence-electron chi connectivity index (χ2n) is 9.88. The summed E-state index contributed by atoms with van der Waals surface area (Å²) in [5.41, 5.74) is 1.71. The molecule has 0 unspecified atom stereocenters. The minimum atomic E-state index is -3.75. The van der Waals surface area contributed by atoms with Gasteiger partial charge >= 0.3 is 0 Å². The fourth-order valence-electron chi connectivity index (χ4n) is 5.18. The number of likely N-dealkylation sites (tertiary alicyclic amines) is 1. The van der Waals surface area contributed by atoms with Gasteiger partial charge in [-0.2, -0.15) is 4.31 Å². The zero-order valence-corrected chi connectivity index (χ0v) is 23.3. The molecule has 210 valence electrons. The van der Waals surface area contributed by atoms with Gasteiger partial charge in [0.25, 0.3) is 5.91 Å². The van der Waals surface area contributed by atoms with Crippen molar-refractivity contribution in [3.8, 4) is 0 Å². The standard InChI is InChI=1S/C27H33ClN4O6S/c28-22-5-3-20(4-6-22)27(34)31-9-1-2-21(19-31)26(33)29-24-18-23(39(35,36)32-12-16-38-17-13-32)7-8-25(24)30-10-14-37-15-11-30/h3-8,18,21H,1-2,9-17,19H2,(H,29,33)/t21-/m0/s1. The van der Waals surface area contributed by atoms with E-state index < -0.39 is 15.9 Å². The number of rotatable bonds is 6. The molecule has 0 aliphatic carbocycles. The number of halogens is 1. The molecular weight excluding hydrogens is 544 g/mol. The first-order valence-electron chi connectivity index (χ1n) is 13.2. The number of anilines is 2. The van der Waals surface area contributed by atoms with Crippen molar-refractivity contribution in [1.29, 1.82) is 0 Å². The maximum Gasteiger partial charge on any atom is 0.253 e. The van der Waals surface area contributed by atoms with Crippen molar-refractivity contribution in [1.82, 2.24) is 9.21 Å². The predicted molar refractivity (Wildman–Crippen MR) is 148 cm³/mol. The molecule has 0 radical (unpaired) electrons. The SMILES string of the molecule is O=C(Nc1cc(S(=O)(=O)N2CCOCC2)ccc1N1CCOCC1)[C@H]1CCCN(C(=O)c2ccc(Cl)cc2)C1. The Kier molecular flexibility index (Phi) is 8.73. The van der Waals surface area contributed by atoms with Crippen LogP contribution < -0.4 is 10.2 Å². The summed E-state index contributed by atoms with van der Waals surface area (Å²) in [5.74, 6) is -0.803. The predicted octanol–water partition coefficient (Wildman–Crippen LogP) is 2.69. The number of hydrogen-bond donors (Lipinski definition) is 1. The van der Waals surface area contributed by atoms with Gasteiger partial charge in [0.05, 0.1) is 48.6 Å². The molecule has 0 aromatic heterocycles. The van der Waals surface area contributed by atoms with Crippen LogP contribution in [0.4, 0.5) is 11.4 Å². The Labute approximate surface area is 233 Å². The van der Waals surface area contributed by atoms with Crippen LogP contribution in [0.15, 0.2) is 47.4 Å². The van der Waals surface area contributed by atoms with Crippen LogP contribution in [0.3, 0.4) is 0 Å². The van der Waals surface area contributed by atoms with Crippen LogP contribution in [0, 0.1) is 5.92 Å². The lowest BCUT2D eigenvalue weighted by Crippen LogP contribution is -2.44. The Bertz CT molecular complexity index is 1290. The quantitative estimate of drug-likeness (QED) is 0.563. The van der Waals surface area contributed by atoms with Crippen LogP contribution in [-0.4, -0.2) is 95.1 Å². The van der Waals surface area contributed by atoms with E-state index in [1.54, 1.807) is 47.4 Å². The van der Waals surface area contributed by atoms with Gasteiger partial charge in [-0.1, -0.05) is 11.6 Å².